The topological polar surface area (TPSA) is 43.1 Å². The van der Waals surface area contributed by atoms with Crippen molar-refractivity contribution in [1.29, 1.82) is 0 Å². The fraction of sp³-hybridized carbons (Fsp3) is 0.600. The van der Waals surface area contributed by atoms with Crippen molar-refractivity contribution in [3.63, 3.8) is 0 Å². The highest BCUT2D eigenvalue weighted by Crippen LogP contribution is 1.86. The summed E-state index contributed by atoms with van der Waals surface area (Å²) in [6.45, 7) is 4.81. The molecule has 5 heteroatoms. The molecule has 0 bridgehead atoms. The highest BCUT2D eigenvalue weighted by molar-refractivity contribution is 5.59. The lowest BCUT2D eigenvalue weighted by molar-refractivity contribution is 0.0440. The summed E-state index contributed by atoms with van der Waals surface area (Å²) >= 11 is 0. The van der Waals surface area contributed by atoms with Crippen LogP contribution in [-0.4, -0.2) is 32.1 Å². The Kier molecular flexibility index (Phi) is 3.80. The van der Waals surface area contributed by atoms with Crippen LogP contribution in [0.15, 0.2) is 0 Å². The Bertz CT molecular complexity index is 151. The monoisotopic (exact) mass is 145 g/mol. The Morgan fingerprint density at radius 2 is 2.40 bits per heavy atom. The summed E-state index contributed by atoms with van der Waals surface area (Å²) in [5, 5.41) is 1.25. The van der Waals surface area contributed by atoms with E-state index in [1.54, 1.807) is 7.05 Å². The van der Waals surface area contributed by atoms with Gasteiger partial charge in [-0.3, -0.25) is 0 Å². The molecule has 0 aromatic heterocycles. The van der Waals surface area contributed by atoms with Crippen molar-refractivity contribution in [1.82, 2.24) is 5.01 Å². The first-order chi connectivity index (χ1) is 4.70. The van der Waals surface area contributed by atoms with Crippen LogP contribution in [0, 0.1) is 6.57 Å². The maximum atomic E-state index is 10.3. The summed E-state index contributed by atoms with van der Waals surface area (Å²) in [5.41, 5.74) is 0. The summed E-state index contributed by atoms with van der Waals surface area (Å²) in [4.78, 5) is 13.5. The first kappa shape index (κ1) is 8.56. The minimum Gasteiger partial charge on any atom is -0.438 e. The van der Waals surface area contributed by atoms with Gasteiger partial charge < -0.3 is 9.47 Å². The molecule has 0 radical (unpaired) electrons. The van der Waals surface area contributed by atoms with Crippen molar-refractivity contribution in [3.05, 3.63) is 4.95 Å². The largest absolute Gasteiger partial charge is 0.509 e. The molecule has 0 saturated carbocycles. The molecule has 0 fully saturated rings. The lowest BCUT2D eigenvalue weighted by Crippen LogP contribution is -2.17. The van der Waals surface area contributed by atoms with Crippen molar-refractivity contribution in [2.75, 3.05) is 20.9 Å². The van der Waals surface area contributed by atoms with E-state index < -0.39 is 6.16 Å². The molecule has 0 spiro atoms. The molecule has 0 N–H and O–H groups in total. The van der Waals surface area contributed by atoms with Gasteiger partial charge in [-0.1, -0.05) is 0 Å². The standard InChI is InChI=1S/C5H9N2O3/c1-6-7(2)4-10-5(8)9-3/h1H,4H2,2-3H3/q+1. The third-order valence-electron chi connectivity index (χ3n) is 0.733. The second kappa shape index (κ2) is 4.44. The molecule has 56 valence electrons. The molecule has 0 aromatic carbocycles. The maximum absolute atomic E-state index is 10.3. The number of carbonyl (C=O) groups excluding carboxylic acids is 1. The molecular weight excluding hydrogens is 136 g/mol. The quantitative estimate of drug-likeness (QED) is 0.323. The molecule has 5 nitrogen and oxygen atoms in total. The van der Waals surface area contributed by atoms with Crippen LogP contribution in [0.25, 0.3) is 4.95 Å². The zero-order valence-electron chi connectivity index (χ0n) is 5.90. The fourth-order valence-corrected chi connectivity index (χ4v) is 0.238. The molecule has 0 heterocycles. The SMILES string of the molecule is C#[N+]N(C)COC(=O)OC. The maximum Gasteiger partial charge on any atom is 0.509 e. The van der Waals surface area contributed by atoms with Gasteiger partial charge in [-0.2, -0.15) is 0 Å². The second-order valence-electron chi connectivity index (χ2n) is 1.50. The molecule has 0 unspecified atom stereocenters. The summed E-state index contributed by atoms with van der Waals surface area (Å²) in [6, 6.07) is 0. The summed E-state index contributed by atoms with van der Waals surface area (Å²) in [5.74, 6) is 0. The number of nitrogens with zero attached hydrogens (tertiary/aromatic N) is 2. The van der Waals surface area contributed by atoms with Gasteiger partial charge in [-0.15, -0.1) is 0 Å². The molecule has 0 atom stereocenters. The van der Waals surface area contributed by atoms with Crippen molar-refractivity contribution in [3.8, 4) is 6.57 Å². The van der Waals surface area contributed by atoms with Crippen LogP contribution >= 0.6 is 0 Å². The summed E-state index contributed by atoms with van der Waals surface area (Å²) in [6.07, 6.45) is -0.754. The molecule has 0 aliphatic heterocycles. The third kappa shape index (κ3) is 3.55. The van der Waals surface area contributed by atoms with Gasteiger partial charge >= 0.3 is 12.7 Å². The predicted molar refractivity (Wildman–Crippen MR) is 34.4 cm³/mol. The Hall–Kier alpha value is -1.44. The number of rotatable bonds is 2. The van der Waals surface area contributed by atoms with Gasteiger partial charge in [0, 0.05) is 0 Å². The Labute approximate surface area is 58.9 Å². The molecule has 10 heavy (non-hydrogen) atoms. The van der Waals surface area contributed by atoms with E-state index in [0.717, 1.165) is 0 Å². The molecule has 0 saturated heterocycles. The van der Waals surface area contributed by atoms with Crippen LogP contribution in [0.5, 0.6) is 0 Å². The molecule has 0 aliphatic rings. The van der Waals surface area contributed by atoms with Crippen LogP contribution in [0.3, 0.4) is 0 Å². The highest BCUT2D eigenvalue weighted by atomic mass is 16.7. The fourth-order valence-electron chi connectivity index (χ4n) is 0.238. The normalized spacial score (nSPS) is 7.70. The van der Waals surface area contributed by atoms with Gasteiger partial charge in [0.2, 0.25) is 6.73 Å². The molecule has 0 aliphatic carbocycles. The second-order valence-corrected chi connectivity index (χ2v) is 1.50. The smallest absolute Gasteiger partial charge is 0.438 e. The van der Waals surface area contributed by atoms with E-state index >= 15 is 0 Å². The highest BCUT2D eigenvalue weighted by Gasteiger charge is 2.05. The van der Waals surface area contributed by atoms with Gasteiger partial charge in [0.25, 0.3) is 0 Å². The Balaban J connectivity index is 3.37. The van der Waals surface area contributed by atoms with Gasteiger partial charge in [0.15, 0.2) is 0 Å². The van der Waals surface area contributed by atoms with Gasteiger partial charge in [0.1, 0.15) is 0 Å². The van der Waals surface area contributed by atoms with E-state index in [0.29, 0.717) is 0 Å². The van der Waals surface area contributed by atoms with Crippen molar-refractivity contribution in [2.45, 2.75) is 0 Å². The average Bonchev–Trinajstić information content (AvgIpc) is 1.99. The van der Waals surface area contributed by atoms with Crippen LogP contribution < -0.4 is 0 Å². The van der Waals surface area contributed by atoms with Crippen LogP contribution in [-0.2, 0) is 9.47 Å². The predicted octanol–water partition coefficient (Wildman–Crippen LogP) is 0.536. The number of ether oxygens (including phenoxy) is 2. The minimum atomic E-state index is -0.754. The van der Waals surface area contributed by atoms with Gasteiger partial charge in [0.05, 0.1) is 19.1 Å². The van der Waals surface area contributed by atoms with Gasteiger partial charge in [-0.05, 0) is 5.01 Å². The van der Waals surface area contributed by atoms with Crippen molar-refractivity contribution >= 4 is 6.16 Å². The van der Waals surface area contributed by atoms with E-state index in [1.807, 2.05) is 0 Å². The average molecular weight is 145 g/mol. The van der Waals surface area contributed by atoms with E-state index in [2.05, 4.69) is 14.4 Å². The first-order valence-corrected chi connectivity index (χ1v) is 2.53. The number of methoxy groups -OCH3 is 1. The third-order valence-corrected chi connectivity index (χ3v) is 0.733. The van der Waals surface area contributed by atoms with E-state index in [1.165, 1.54) is 12.1 Å². The lowest BCUT2D eigenvalue weighted by atomic mass is 11.1. The lowest BCUT2D eigenvalue weighted by Gasteiger charge is -2.00. The van der Waals surface area contributed by atoms with Crippen molar-refractivity contribution in [2.24, 2.45) is 0 Å². The van der Waals surface area contributed by atoms with Crippen LogP contribution in [0.2, 0.25) is 0 Å². The Morgan fingerprint density at radius 1 is 1.80 bits per heavy atom. The zero-order chi connectivity index (χ0) is 7.98. The summed E-state index contributed by atoms with van der Waals surface area (Å²) in [7, 11) is 2.78. The van der Waals surface area contributed by atoms with E-state index in [9.17, 15) is 4.79 Å². The molecule has 0 aromatic rings. The van der Waals surface area contributed by atoms with Crippen LogP contribution in [0.1, 0.15) is 0 Å². The van der Waals surface area contributed by atoms with Gasteiger partial charge in [-0.25, -0.2) is 4.79 Å². The molecule has 0 rings (SSSR count). The minimum absolute atomic E-state index is 0.0107. The van der Waals surface area contributed by atoms with Crippen molar-refractivity contribution < 1.29 is 14.3 Å². The first-order valence-electron chi connectivity index (χ1n) is 2.53. The molecule has 0 amide bonds. The molecular formula is C5H9N2O3+. The number of hydrogen-bond donors (Lipinski definition) is 0. The van der Waals surface area contributed by atoms with E-state index in [4.69, 9.17) is 6.57 Å². The number of carbonyl (C=O) groups is 1. The van der Waals surface area contributed by atoms with E-state index in [-0.39, 0.29) is 6.73 Å². The zero-order valence-corrected chi connectivity index (χ0v) is 5.90. The number of hydrogen-bond acceptors (Lipinski definition) is 4. The van der Waals surface area contributed by atoms with Crippen LogP contribution in [0.4, 0.5) is 4.79 Å². The summed E-state index contributed by atoms with van der Waals surface area (Å²) < 4.78 is 8.61. The Morgan fingerprint density at radius 3 is 2.80 bits per heavy atom.